The van der Waals surface area contributed by atoms with Gasteiger partial charge in [0.15, 0.2) is 5.15 Å². The average Bonchev–Trinajstić information content (AvgIpc) is 2.94. The van der Waals surface area contributed by atoms with Crippen LogP contribution in [0.25, 0.3) is 16.6 Å². The van der Waals surface area contributed by atoms with E-state index < -0.39 is 5.24 Å². The van der Waals surface area contributed by atoms with Gasteiger partial charge in [0.1, 0.15) is 11.8 Å². The van der Waals surface area contributed by atoms with Crippen molar-refractivity contribution in [1.29, 1.82) is 0 Å². The van der Waals surface area contributed by atoms with Crippen molar-refractivity contribution in [3.63, 3.8) is 0 Å². The lowest BCUT2D eigenvalue weighted by atomic mass is 9.49. The highest BCUT2D eigenvalue weighted by Crippen LogP contribution is 2.24. The first-order valence-electron chi connectivity index (χ1n) is 5.36. The van der Waals surface area contributed by atoms with Gasteiger partial charge >= 0.3 is 0 Å². The third-order valence-corrected chi connectivity index (χ3v) is 2.96. The number of halogens is 1. The predicted octanol–water partition coefficient (Wildman–Crippen LogP) is 0.319. The lowest BCUT2D eigenvalue weighted by molar-refractivity contribution is 0.671. The lowest BCUT2D eigenvalue weighted by Gasteiger charge is -2.20. The summed E-state index contributed by atoms with van der Waals surface area (Å²) in [6, 6.07) is 1.84. The van der Waals surface area contributed by atoms with Crippen molar-refractivity contribution >= 4 is 40.7 Å². The van der Waals surface area contributed by atoms with Crippen molar-refractivity contribution in [3.8, 4) is 11.1 Å². The van der Waals surface area contributed by atoms with E-state index in [1.54, 1.807) is 23.1 Å². The zero-order chi connectivity index (χ0) is 13.6. The van der Waals surface area contributed by atoms with Crippen molar-refractivity contribution in [1.82, 2.24) is 24.4 Å². The fourth-order valence-corrected chi connectivity index (χ4v) is 1.93. The SMILES string of the molecule is [B]C([B])([B])n1cc(-c2cc3c(Cl)ncnn3c2)cn1. The molecule has 0 amide bonds. The molecule has 3 heterocycles. The molecule has 0 atom stereocenters. The second-order valence-electron chi connectivity index (χ2n) is 4.17. The van der Waals surface area contributed by atoms with Gasteiger partial charge in [0.2, 0.25) is 0 Å². The van der Waals surface area contributed by atoms with Crippen molar-refractivity contribution in [2.75, 3.05) is 0 Å². The zero-order valence-corrected chi connectivity index (χ0v) is 10.5. The summed E-state index contributed by atoms with van der Waals surface area (Å²) in [5.41, 5.74) is 2.36. The Balaban J connectivity index is 2.09. The summed E-state index contributed by atoms with van der Waals surface area (Å²) < 4.78 is 2.90. The van der Waals surface area contributed by atoms with Gasteiger partial charge in [-0.05, 0) is 11.3 Å². The Morgan fingerprint density at radius 2 is 1.89 bits per heavy atom. The first-order valence-corrected chi connectivity index (χ1v) is 5.74. The minimum absolute atomic E-state index is 0.375. The molecule has 9 heteroatoms. The summed E-state index contributed by atoms with van der Waals surface area (Å²) in [5.74, 6) is 0. The molecule has 0 saturated carbocycles. The van der Waals surface area contributed by atoms with E-state index in [-0.39, 0.29) is 0 Å². The molecule has 6 radical (unpaired) electrons. The van der Waals surface area contributed by atoms with Crippen LogP contribution in [-0.2, 0) is 5.24 Å². The van der Waals surface area contributed by atoms with E-state index >= 15 is 0 Å². The number of fused-ring (bicyclic) bond motifs is 1. The predicted molar refractivity (Wildman–Crippen MR) is 74.5 cm³/mol. The fraction of sp³-hybridized carbons (Fsp3) is 0.100. The van der Waals surface area contributed by atoms with Gasteiger partial charge in [-0.2, -0.15) is 10.2 Å². The van der Waals surface area contributed by atoms with Gasteiger partial charge < -0.3 is 0 Å². The van der Waals surface area contributed by atoms with Crippen molar-refractivity contribution < 1.29 is 0 Å². The summed E-state index contributed by atoms with van der Waals surface area (Å²) in [5, 5.41) is 6.93. The Kier molecular flexibility index (Phi) is 2.71. The summed E-state index contributed by atoms with van der Waals surface area (Å²) >= 11 is 5.98. The largest absolute Gasteiger partial charge is 0.292 e. The van der Waals surface area contributed by atoms with Gasteiger partial charge in [-0.25, -0.2) is 9.50 Å². The average molecular weight is 263 g/mol. The van der Waals surface area contributed by atoms with Gasteiger partial charge in [-0.3, -0.25) is 4.68 Å². The van der Waals surface area contributed by atoms with Crippen LogP contribution in [0, 0.1) is 0 Å². The van der Waals surface area contributed by atoms with E-state index in [2.05, 4.69) is 15.2 Å². The van der Waals surface area contributed by atoms with Gasteiger partial charge in [-0.15, -0.1) is 0 Å². The zero-order valence-electron chi connectivity index (χ0n) is 9.73. The summed E-state index contributed by atoms with van der Waals surface area (Å²) in [7, 11) is 16.7. The van der Waals surface area contributed by atoms with E-state index in [1.165, 1.54) is 11.0 Å². The Bertz CT molecular complexity index is 745. The van der Waals surface area contributed by atoms with Crippen LogP contribution in [-0.4, -0.2) is 47.9 Å². The van der Waals surface area contributed by atoms with Crippen LogP contribution in [0.4, 0.5) is 0 Å². The summed E-state index contributed by atoms with van der Waals surface area (Å²) in [4.78, 5) is 3.91. The number of aromatic nitrogens is 5. The number of rotatable bonds is 2. The molecular formula is C10H5B3ClN5. The van der Waals surface area contributed by atoms with E-state index in [9.17, 15) is 0 Å². The second kappa shape index (κ2) is 4.16. The van der Waals surface area contributed by atoms with Crippen molar-refractivity contribution in [3.05, 3.63) is 36.1 Å². The maximum absolute atomic E-state index is 5.98. The van der Waals surface area contributed by atoms with Crippen LogP contribution >= 0.6 is 11.6 Å². The van der Waals surface area contributed by atoms with E-state index in [0.717, 1.165) is 11.1 Å². The molecular weight excluding hydrogens is 258 g/mol. The normalized spacial score (nSPS) is 12.1. The molecule has 3 aromatic rings. The Morgan fingerprint density at radius 3 is 2.53 bits per heavy atom. The molecule has 0 aromatic carbocycles. The van der Waals surface area contributed by atoms with Crippen LogP contribution in [0.2, 0.25) is 5.15 Å². The maximum atomic E-state index is 5.98. The van der Waals surface area contributed by atoms with Gasteiger partial charge in [0.05, 0.1) is 29.7 Å². The van der Waals surface area contributed by atoms with E-state index in [0.29, 0.717) is 10.7 Å². The highest BCUT2D eigenvalue weighted by atomic mass is 35.5. The third-order valence-electron chi connectivity index (χ3n) is 2.67. The Hall–Kier alpha value is -1.69. The molecule has 0 bridgehead atoms. The molecule has 0 aliphatic heterocycles. The summed E-state index contributed by atoms with van der Waals surface area (Å²) in [6.45, 7) is 0. The topological polar surface area (TPSA) is 48.0 Å². The molecule has 0 unspecified atom stereocenters. The quantitative estimate of drug-likeness (QED) is 0.625. The molecule has 19 heavy (non-hydrogen) atoms. The van der Waals surface area contributed by atoms with Gasteiger partial charge in [0, 0.05) is 23.5 Å². The van der Waals surface area contributed by atoms with Crippen LogP contribution in [0.5, 0.6) is 0 Å². The van der Waals surface area contributed by atoms with E-state index in [1.807, 2.05) is 6.07 Å². The molecule has 5 nitrogen and oxygen atoms in total. The Morgan fingerprint density at radius 1 is 1.11 bits per heavy atom. The standard InChI is InChI=1S/C10H5B3ClN5/c11-10(12,13)19-4-7(2-16-19)6-1-8-9(14)15-5-17-18(8)3-6/h1-5H. The fourth-order valence-electron chi connectivity index (χ4n) is 1.74. The lowest BCUT2D eigenvalue weighted by Crippen LogP contribution is -2.35. The maximum Gasteiger partial charge on any atom is 0.156 e. The van der Waals surface area contributed by atoms with Crippen molar-refractivity contribution in [2.24, 2.45) is 0 Å². The minimum atomic E-state index is -1.53. The van der Waals surface area contributed by atoms with Crippen molar-refractivity contribution in [2.45, 2.75) is 5.24 Å². The molecule has 0 aliphatic rings. The smallest absolute Gasteiger partial charge is 0.156 e. The molecule has 0 spiro atoms. The van der Waals surface area contributed by atoms with E-state index in [4.69, 9.17) is 35.1 Å². The molecule has 3 aromatic heterocycles. The summed E-state index contributed by atoms with van der Waals surface area (Å²) in [6.07, 6.45) is 6.44. The number of hydrogen-bond donors (Lipinski definition) is 0. The monoisotopic (exact) mass is 263 g/mol. The highest BCUT2D eigenvalue weighted by Gasteiger charge is 2.14. The Labute approximate surface area is 118 Å². The number of nitrogens with zero attached hydrogens (tertiary/aromatic N) is 5. The van der Waals surface area contributed by atoms with Crippen LogP contribution in [0.1, 0.15) is 0 Å². The molecule has 3 rings (SSSR count). The van der Waals surface area contributed by atoms with Gasteiger partial charge in [0.25, 0.3) is 0 Å². The first-order chi connectivity index (χ1) is 8.95. The first kappa shape index (κ1) is 12.4. The molecule has 0 saturated heterocycles. The van der Waals surface area contributed by atoms with Crippen LogP contribution in [0.15, 0.2) is 31.0 Å². The second-order valence-corrected chi connectivity index (χ2v) is 4.53. The van der Waals surface area contributed by atoms with Gasteiger partial charge in [-0.1, -0.05) is 11.6 Å². The highest BCUT2D eigenvalue weighted by molar-refractivity contribution is 6.56. The third kappa shape index (κ3) is 2.16. The minimum Gasteiger partial charge on any atom is -0.292 e. The molecule has 0 fully saturated rings. The van der Waals surface area contributed by atoms with Crippen LogP contribution in [0.3, 0.4) is 0 Å². The van der Waals surface area contributed by atoms with Crippen LogP contribution < -0.4 is 0 Å². The molecule has 86 valence electrons. The molecule has 0 aliphatic carbocycles. The molecule has 0 N–H and O–H groups in total. The number of hydrogen-bond acceptors (Lipinski definition) is 3.